The van der Waals surface area contributed by atoms with Crippen molar-refractivity contribution in [3.8, 4) is 0 Å². The highest BCUT2D eigenvalue weighted by Crippen LogP contribution is 2.02. The number of carbonyl (C=O) groups excluding carboxylic acids is 1. The first-order valence-electron chi connectivity index (χ1n) is 3.58. The molecule has 0 aliphatic carbocycles. The molecule has 0 unspecified atom stereocenters. The Hall–Kier alpha value is -0.620. The van der Waals surface area contributed by atoms with Gasteiger partial charge in [0.15, 0.2) is 0 Å². The molecule has 0 fully saturated rings. The average molecular weight is 195 g/mol. The Kier molecular flexibility index (Phi) is 4.19. The number of sulfonamides is 1. The van der Waals surface area contributed by atoms with Gasteiger partial charge in [-0.05, 0) is 20.8 Å². The number of rotatable bonds is 5. The quantitative estimate of drug-likeness (QED) is 0.462. The monoisotopic (exact) mass is 195 g/mol. The van der Waals surface area contributed by atoms with Crippen LogP contribution in [0.1, 0.15) is 20.8 Å². The molecule has 0 bridgehead atoms. The molecular formula is C6H13NO4S. The Morgan fingerprint density at radius 2 is 2.00 bits per heavy atom. The van der Waals surface area contributed by atoms with Gasteiger partial charge in [0, 0.05) is 0 Å². The van der Waals surface area contributed by atoms with Gasteiger partial charge >= 0.3 is 0 Å². The molecule has 0 N–H and O–H groups in total. The third kappa shape index (κ3) is 3.19. The van der Waals surface area contributed by atoms with Gasteiger partial charge in [0.25, 0.3) is 10.0 Å². The van der Waals surface area contributed by atoms with Crippen molar-refractivity contribution in [1.82, 2.24) is 4.47 Å². The van der Waals surface area contributed by atoms with Crippen LogP contribution in [-0.2, 0) is 19.7 Å². The summed E-state index contributed by atoms with van der Waals surface area (Å²) in [5.74, 6) is -0.154. The number of hydroxylamine groups is 1. The lowest BCUT2D eigenvalue weighted by molar-refractivity contribution is -0.153. The summed E-state index contributed by atoms with van der Waals surface area (Å²) >= 11 is 0. The van der Waals surface area contributed by atoms with Gasteiger partial charge in [-0.25, -0.2) is 8.42 Å². The van der Waals surface area contributed by atoms with Gasteiger partial charge in [-0.2, -0.15) is 0 Å². The number of hydrogen-bond donors (Lipinski definition) is 0. The van der Waals surface area contributed by atoms with Crippen LogP contribution < -0.4 is 0 Å². The summed E-state index contributed by atoms with van der Waals surface area (Å²) in [6.45, 7) is 4.72. The van der Waals surface area contributed by atoms with Gasteiger partial charge in [0.1, 0.15) is 0 Å². The molecule has 0 radical (unpaired) electrons. The van der Waals surface area contributed by atoms with Crippen molar-refractivity contribution in [2.24, 2.45) is 0 Å². The van der Waals surface area contributed by atoms with E-state index in [1.807, 2.05) is 0 Å². The molecule has 0 aliphatic rings. The van der Waals surface area contributed by atoms with Gasteiger partial charge in [-0.15, -0.1) is 4.47 Å². The molecule has 0 aromatic rings. The Morgan fingerprint density at radius 1 is 1.50 bits per heavy atom. The molecule has 5 nitrogen and oxygen atoms in total. The molecule has 72 valence electrons. The number of nitrogens with zero attached hydrogens (tertiary/aromatic N) is 1. The Morgan fingerprint density at radius 3 is 2.25 bits per heavy atom. The zero-order valence-electron chi connectivity index (χ0n) is 7.35. The van der Waals surface area contributed by atoms with Crippen LogP contribution in [-0.4, -0.2) is 31.2 Å². The number of carbonyl (C=O) groups is 1. The van der Waals surface area contributed by atoms with Gasteiger partial charge in [0.05, 0.1) is 11.9 Å². The van der Waals surface area contributed by atoms with Crippen LogP contribution >= 0.6 is 0 Å². The number of hydrogen-bond acceptors (Lipinski definition) is 4. The molecule has 1 amide bonds. The summed E-state index contributed by atoms with van der Waals surface area (Å²) in [4.78, 5) is 15.0. The Bertz CT molecular complexity index is 234. The van der Waals surface area contributed by atoms with E-state index in [1.165, 1.54) is 6.92 Å². The molecule has 0 spiro atoms. The summed E-state index contributed by atoms with van der Waals surface area (Å²) in [6, 6.07) is 0. The zero-order chi connectivity index (χ0) is 9.78. The maximum atomic E-state index is 11.0. The van der Waals surface area contributed by atoms with Crippen molar-refractivity contribution < 1.29 is 18.0 Å². The first kappa shape index (κ1) is 11.4. The molecule has 6 heteroatoms. The smallest absolute Gasteiger partial charge is 0.259 e. The maximum Gasteiger partial charge on any atom is 0.259 e. The standard InChI is InChI=1S/C6H13NO4S/c1-4-12(9,10)7(5-8)11-6(2)3/h5-6H,4H2,1-3H3. The third-order valence-electron chi connectivity index (χ3n) is 1.04. The summed E-state index contributed by atoms with van der Waals surface area (Å²) in [6.07, 6.45) is -0.185. The fraction of sp³-hybridized carbons (Fsp3) is 0.833. The lowest BCUT2D eigenvalue weighted by Crippen LogP contribution is -2.33. The van der Waals surface area contributed by atoms with E-state index in [0.717, 1.165) is 0 Å². The summed E-state index contributed by atoms with van der Waals surface area (Å²) in [7, 11) is -3.56. The molecule has 0 aromatic carbocycles. The predicted octanol–water partition coefficient (Wildman–Crippen LogP) is 0.134. The number of amides is 1. The topological polar surface area (TPSA) is 63.7 Å². The van der Waals surface area contributed by atoms with E-state index >= 15 is 0 Å². The maximum absolute atomic E-state index is 11.0. The molecule has 12 heavy (non-hydrogen) atoms. The second-order valence-corrected chi connectivity index (χ2v) is 4.52. The van der Waals surface area contributed by atoms with Crippen molar-refractivity contribution in [3.05, 3.63) is 0 Å². The molecule has 0 aromatic heterocycles. The van der Waals surface area contributed by atoms with Crippen LogP contribution in [0.15, 0.2) is 0 Å². The second-order valence-electron chi connectivity index (χ2n) is 2.42. The SMILES string of the molecule is CCS(=O)(=O)N(C=O)OC(C)C. The van der Waals surface area contributed by atoms with E-state index in [4.69, 9.17) is 4.84 Å². The van der Waals surface area contributed by atoms with Crippen molar-refractivity contribution >= 4 is 16.4 Å². The van der Waals surface area contributed by atoms with E-state index in [0.29, 0.717) is 4.47 Å². The van der Waals surface area contributed by atoms with Gasteiger partial charge < -0.3 is 0 Å². The minimum Gasteiger partial charge on any atom is -0.275 e. The van der Waals surface area contributed by atoms with Crippen LogP contribution in [0.3, 0.4) is 0 Å². The Labute approximate surface area is 72.3 Å². The minimum absolute atomic E-state index is 0.152. The molecular weight excluding hydrogens is 182 g/mol. The zero-order valence-corrected chi connectivity index (χ0v) is 8.17. The van der Waals surface area contributed by atoms with E-state index < -0.39 is 10.0 Å². The third-order valence-corrected chi connectivity index (χ3v) is 2.49. The van der Waals surface area contributed by atoms with E-state index in [9.17, 15) is 13.2 Å². The normalized spacial score (nSPS) is 11.7. The molecule has 0 saturated heterocycles. The fourth-order valence-electron chi connectivity index (χ4n) is 0.491. The van der Waals surface area contributed by atoms with Crippen molar-refractivity contribution in [1.29, 1.82) is 0 Å². The van der Waals surface area contributed by atoms with Crippen LogP contribution in [0.25, 0.3) is 0 Å². The second kappa shape index (κ2) is 4.42. The summed E-state index contributed by atoms with van der Waals surface area (Å²) < 4.78 is 22.4. The fourth-order valence-corrected chi connectivity index (χ4v) is 1.18. The highest BCUT2D eigenvalue weighted by atomic mass is 32.2. The van der Waals surface area contributed by atoms with E-state index in [1.54, 1.807) is 13.8 Å². The first-order chi connectivity index (χ1) is 5.44. The molecule has 0 rings (SSSR count). The Balaban J connectivity index is 4.46. The van der Waals surface area contributed by atoms with Crippen molar-refractivity contribution in [3.63, 3.8) is 0 Å². The lowest BCUT2D eigenvalue weighted by atomic mass is 10.5. The molecule has 0 heterocycles. The van der Waals surface area contributed by atoms with Crippen molar-refractivity contribution in [2.75, 3.05) is 5.75 Å². The van der Waals surface area contributed by atoms with Gasteiger partial charge in [-0.1, -0.05) is 0 Å². The molecule has 0 aliphatic heterocycles. The van der Waals surface area contributed by atoms with Crippen LogP contribution in [0.4, 0.5) is 0 Å². The van der Waals surface area contributed by atoms with Gasteiger partial charge in [-0.3, -0.25) is 9.63 Å². The highest BCUT2D eigenvalue weighted by molar-refractivity contribution is 7.89. The average Bonchev–Trinajstić information content (AvgIpc) is 1.99. The van der Waals surface area contributed by atoms with E-state index in [2.05, 4.69) is 0 Å². The summed E-state index contributed by atoms with van der Waals surface area (Å²) in [5, 5.41) is 0. The predicted molar refractivity (Wildman–Crippen MR) is 43.6 cm³/mol. The largest absolute Gasteiger partial charge is 0.275 e. The first-order valence-corrected chi connectivity index (χ1v) is 5.19. The molecule has 0 atom stereocenters. The highest BCUT2D eigenvalue weighted by Gasteiger charge is 2.19. The van der Waals surface area contributed by atoms with Gasteiger partial charge in [0.2, 0.25) is 6.41 Å². The van der Waals surface area contributed by atoms with E-state index in [-0.39, 0.29) is 18.3 Å². The minimum atomic E-state index is -3.56. The van der Waals surface area contributed by atoms with Crippen LogP contribution in [0.2, 0.25) is 0 Å². The summed E-state index contributed by atoms with van der Waals surface area (Å²) in [5.41, 5.74) is 0. The van der Waals surface area contributed by atoms with Crippen LogP contribution in [0.5, 0.6) is 0 Å². The van der Waals surface area contributed by atoms with Crippen molar-refractivity contribution in [2.45, 2.75) is 26.9 Å². The van der Waals surface area contributed by atoms with Crippen LogP contribution in [0, 0.1) is 0 Å². The lowest BCUT2D eigenvalue weighted by Gasteiger charge is -2.17. The molecule has 0 saturated carbocycles.